The van der Waals surface area contributed by atoms with Crippen LogP contribution < -0.4 is 20.6 Å². The van der Waals surface area contributed by atoms with Crippen molar-refractivity contribution in [3.8, 4) is 5.75 Å². The lowest BCUT2D eigenvalue weighted by atomic mass is 9.76. The van der Waals surface area contributed by atoms with Gasteiger partial charge in [0.25, 0.3) is 7.59 Å². The van der Waals surface area contributed by atoms with Crippen LogP contribution in [-0.2, 0) is 53.9 Å². The largest absolute Gasteiger partial charge is 0.506 e. The van der Waals surface area contributed by atoms with E-state index in [9.17, 15) is 33.6 Å². The number of fused-ring (bicyclic) bond motifs is 10. The summed E-state index contributed by atoms with van der Waals surface area (Å²) in [6, 6.07) is 5.32. The van der Waals surface area contributed by atoms with Crippen LogP contribution in [0, 0.1) is 40.9 Å². The number of benzene rings is 1. The number of aromatic hydroxyl groups is 1. The van der Waals surface area contributed by atoms with Gasteiger partial charge in [0.05, 0.1) is 86.6 Å². The number of anilines is 1. The van der Waals surface area contributed by atoms with Gasteiger partial charge >= 0.3 is 0 Å². The standard InChI is InChI=1S/C43H61N6O11P/c1-25(22-26(2)43(3,4)5)23-27-6-7-29(50)28(24-27)47-34(51)12-18-57-20-21-58-19-15-46-61(56,44-13-16-48-39(52)35-30-8-9-31(59-30)36(35)40(48)53)45-14-17-49-41(54)37-32-10-11-33(60-32)38(37)42(49)55/h6-11,24-26,30-33,35-38,50H,12-23H2,1-5H3,(H,47,51)(H3,44,45,46,56)/t25-,26?,30?,31?,32?,33?,35?,36?,37?,38?,61?/m1/s1. The Morgan fingerprint density at radius 1 is 0.754 bits per heavy atom. The van der Waals surface area contributed by atoms with Crippen LogP contribution in [0.1, 0.15) is 53.0 Å². The van der Waals surface area contributed by atoms with Gasteiger partial charge in [-0.3, -0.25) is 38.3 Å². The first kappa shape index (κ1) is 45.2. The number of ether oxygens (including phenoxy) is 4. The third-order valence-corrected chi connectivity index (χ3v) is 14.9. The first-order valence-corrected chi connectivity index (χ1v) is 23.3. The van der Waals surface area contributed by atoms with Gasteiger partial charge in [-0.15, -0.1) is 0 Å². The number of hydrogen-bond acceptors (Lipinski definition) is 11. The van der Waals surface area contributed by atoms with Crippen LogP contribution in [0.15, 0.2) is 42.5 Å². The zero-order valence-corrected chi connectivity index (χ0v) is 36.6. The van der Waals surface area contributed by atoms with Gasteiger partial charge in [0, 0.05) is 32.7 Å². The second-order valence-electron chi connectivity index (χ2n) is 18.2. The van der Waals surface area contributed by atoms with Crippen LogP contribution in [0.4, 0.5) is 5.69 Å². The third-order valence-electron chi connectivity index (χ3n) is 12.9. The summed E-state index contributed by atoms with van der Waals surface area (Å²) in [6.45, 7) is 12.1. The number of carbonyl (C=O) groups excluding carboxylic acids is 5. The third kappa shape index (κ3) is 10.0. The second kappa shape index (κ2) is 18.9. The Bertz CT molecular complexity index is 1820. The molecule has 61 heavy (non-hydrogen) atoms. The van der Waals surface area contributed by atoms with Gasteiger partial charge in [-0.05, 0) is 47.8 Å². The number of nitrogens with one attached hydrogen (secondary N) is 4. The van der Waals surface area contributed by atoms with Gasteiger partial charge in [-0.25, -0.2) is 15.3 Å². The lowest BCUT2D eigenvalue weighted by molar-refractivity contribution is -0.143. The SMILES string of the molecule is CC(C[C@@H](C)Cc1ccc(O)c(NC(=O)CCOCCOCCNP(=O)(NCCN2C(=O)C3C4C=CC(O4)C3C2=O)NCCN2C(=O)C3C4C=CC(O4)C3C2=O)c1)C(C)(C)C. The Morgan fingerprint density at radius 2 is 1.23 bits per heavy atom. The highest BCUT2D eigenvalue weighted by Gasteiger charge is 2.61. The van der Waals surface area contributed by atoms with Gasteiger partial charge in [-0.2, -0.15) is 0 Å². The van der Waals surface area contributed by atoms with Crippen LogP contribution in [0.5, 0.6) is 5.75 Å². The molecule has 4 fully saturated rings. The lowest BCUT2D eigenvalue weighted by Gasteiger charge is -2.29. The van der Waals surface area contributed by atoms with Gasteiger partial charge < -0.3 is 29.4 Å². The number of phenolic OH excluding ortho intramolecular Hbond substituents is 1. The van der Waals surface area contributed by atoms with E-state index in [1.54, 1.807) is 6.07 Å². The van der Waals surface area contributed by atoms with Crippen molar-refractivity contribution in [3.05, 3.63) is 48.1 Å². The van der Waals surface area contributed by atoms with E-state index >= 15 is 0 Å². The highest BCUT2D eigenvalue weighted by atomic mass is 31.2. The smallest absolute Gasteiger partial charge is 0.279 e. The molecule has 6 heterocycles. The molecule has 6 aliphatic heterocycles. The average Bonchev–Trinajstić information content (AvgIpc) is 4.07. The molecule has 5 N–H and O–H groups in total. The number of rotatable bonds is 23. The summed E-state index contributed by atoms with van der Waals surface area (Å²) in [7, 11) is -3.61. The minimum atomic E-state index is -3.61. The molecular weight excluding hydrogens is 807 g/mol. The molecule has 5 amide bonds. The Hall–Kier alpha value is -3.80. The van der Waals surface area contributed by atoms with Gasteiger partial charge in [0.2, 0.25) is 29.5 Å². The molecule has 1 aromatic carbocycles. The number of imide groups is 2. The maximum atomic E-state index is 14.1. The van der Waals surface area contributed by atoms with E-state index < -0.39 is 55.7 Å². The molecule has 18 heteroatoms. The predicted octanol–water partition coefficient (Wildman–Crippen LogP) is 2.76. The van der Waals surface area contributed by atoms with Crippen molar-refractivity contribution in [2.75, 3.05) is 64.5 Å². The van der Waals surface area contributed by atoms with Gasteiger partial charge in [-0.1, -0.05) is 65.0 Å². The minimum absolute atomic E-state index is 0.00295. The number of hydrogen-bond donors (Lipinski definition) is 5. The molecule has 334 valence electrons. The van der Waals surface area contributed by atoms with Crippen molar-refractivity contribution in [1.82, 2.24) is 25.1 Å². The summed E-state index contributed by atoms with van der Waals surface area (Å²) in [5.41, 5.74) is 1.64. The fraction of sp³-hybridized carbons (Fsp3) is 0.651. The number of nitrogens with zero attached hydrogens (tertiary/aromatic N) is 2. The first-order valence-electron chi connectivity index (χ1n) is 21.6. The first-order chi connectivity index (χ1) is 29.0. The molecule has 0 aliphatic carbocycles. The summed E-state index contributed by atoms with van der Waals surface area (Å²) < 4.78 is 36.8. The fourth-order valence-corrected chi connectivity index (χ4v) is 10.8. The number of amides is 5. The molecule has 9 unspecified atom stereocenters. The summed E-state index contributed by atoms with van der Waals surface area (Å²) in [5.74, 6) is -2.70. The highest BCUT2D eigenvalue weighted by Crippen LogP contribution is 2.46. The van der Waals surface area contributed by atoms with Crippen molar-refractivity contribution >= 4 is 42.8 Å². The van der Waals surface area contributed by atoms with Crippen LogP contribution in [0.2, 0.25) is 0 Å². The molecule has 4 saturated heterocycles. The van der Waals surface area contributed by atoms with E-state index in [-0.39, 0.29) is 106 Å². The number of phenols is 1. The number of likely N-dealkylation sites (tertiary alicyclic amines) is 2. The zero-order chi connectivity index (χ0) is 43.6. The fourth-order valence-electron chi connectivity index (χ4n) is 9.21. The average molecular weight is 869 g/mol. The van der Waals surface area contributed by atoms with Crippen molar-refractivity contribution in [2.24, 2.45) is 40.9 Å². The predicted molar refractivity (Wildman–Crippen MR) is 224 cm³/mol. The van der Waals surface area contributed by atoms with Crippen LogP contribution >= 0.6 is 7.59 Å². The zero-order valence-electron chi connectivity index (χ0n) is 35.7. The molecule has 0 radical (unpaired) electrons. The Morgan fingerprint density at radius 3 is 1.72 bits per heavy atom. The maximum Gasteiger partial charge on any atom is 0.279 e. The molecule has 6 aliphatic rings. The van der Waals surface area contributed by atoms with Crippen molar-refractivity contribution in [2.45, 2.75) is 78.3 Å². The van der Waals surface area contributed by atoms with E-state index in [1.807, 2.05) is 36.4 Å². The normalized spacial score (nSPS) is 29.2. The number of carbonyl (C=O) groups is 5. The molecule has 17 nitrogen and oxygen atoms in total. The molecular formula is C43H61N6O11P. The molecule has 10 atom stereocenters. The minimum Gasteiger partial charge on any atom is -0.506 e. The Balaban J connectivity index is 0.818. The van der Waals surface area contributed by atoms with E-state index in [1.165, 1.54) is 9.80 Å². The van der Waals surface area contributed by atoms with Gasteiger partial charge in [0.1, 0.15) is 5.75 Å². The van der Waals surface area contributed by atoms with Crippen molar-refractivity contribution in [3.63, 3.8) is 0 Å². The Kier molecular flexibility index (Phi) is 14.0. The van der Waals surface area contributed by atoms with Crippen LogP contribution in [0.25, 0.3) is 0 Å². The molecule has 4 bridgehead atoms. The van der Waals surface area contributed by atoms with Crippen molar-refractivity contribution < 1.29 is 52.6 Å². The van der Waals surface area contributed by atoms with Gasteiger partial charge in [0.15, 0.2) is 0 Å². The van der Waals surface area contributed by atoms with Crippen molar-refractivity contribution in [1.29, 1.82) is 0 Å². The quantitative estimate of drug-likeness (QED) is 0.0352. The molecule has 0 saturated carbocycles. The summed E-state index contributed by atoms with van der Waals surface area (Å²) in [5, 5.41) is 22.0. The van der Waals surface area contributed by atoms with E-state index in [2.05, 4.69) is 55.2 Å². The van der Waals surface area contributed by atoms with E-state index in [0.29, 0.717) is 17.5 Å². The monoisotopic (exact) mass is 868 g/mol. The molecule has 0 aromatic heterocycles. The summed E-state index contributed by atoms with van der Waals surface area (Å²) >= 11 is 0. The Labute approximate surface area is 357 Å². The molecule has 0 spiro atoms. The molecule has 1 aromatic rings. The highest BCUT2D eigenvalue weighted by molar-refractivity contribution is 7.57. The maximum absolute atomic E-state index is 14.1. The summed E-state index contributed by atoms with van der Waals surface area (Å²) in [4.78, 5) is 67.6. The topological polar surface area (TPSA) is 214 Å². The van der Waals surface area contributed by atoms with E-state index in [4.69, 9.17) is 18.9 Å². The lowest BCUT2D eigenvalue weighted by Crippen LogP contribution is -2.43. The van der Waals surface area contributed by atoms with Crippen LogP contribution in [0.3, 0.4) is 0 Å². The van der Waals surface area contributed by atoms with Crippen LogP contribution in [-0.4, -0.2) is 128 Å². The molecule has 7 rings (SSSR count). The summed E-state index contributed by atoms with van der Waals surface area (Å²) in [6.07, 6.45) is 7.62. The second-order valence-corrected chi connectivity index (χ2v) is 20.3. The van der Waals surface area contributed by atoms with E-state index in [0.717, 1.165) is 18.4 Å².